The lowest BCUT2D eigenvalue weighted by molar-refractivity contribution is -0.123. The largest absolute Gasteiger partial charge is 0.346 e. The van der Waals surface area contributed by atoms with E-state index in [1.54, 1.807) is 34.6 Å². The Morgan fingerprint density at radius 2 is 2.04 bits per heavy atom. The summed E-state index contributed by atoms with van der Waals surface area (Å²) in [6.07, 6.45) is 2.03. The number of hydrogen-bond acceptors (Lipinski definition) is 6. The molecular weight excluding hydrogens is 365 g/mol. The second-order valence-electron chi connectivity index (χ2n) is 6.39. The average Bonchev–Trinajstić information content (AvgIpc) is 3.24. The minimum absolute atomic E-state index is 0.0699. The van der Waals surface area contributed by atoms with Crippen LogP contribution in [0.5, 0.6) is 0 Å². The minimum atomic E-state index is -0.349. The van der Waals surface area contributed by atoms with E-state index in [-0.39, 0.29) is 24.2 Å². The van der Waals surface area contributed by atoms with Crippen LogP contribution in [0.4, 0.5) is 15.2 Å². The van der Waals surface area contributed by atoms with Gasteiger partial charge in [0.15, 0.2) is 5.13 Å². The maximum Gasteiger partial charge on any atom is 0.244 e. The number of nitrogens with zero attached hydrogens (tertiary/aromatic N) is 5. The Bertz CT molecular complexity index is 781. The number of piperazine rings is 1. The minimum Gasteiger partial charge on any atom is -0.346 e. The summed E-state index contributed by atoms with van der Waals surface area (Å²) < 4.78 is 13.2. The van der Waals surface area contributed by atoms with Crippen LogP contribution in [0.3, 0.4) is 0 Å². The van der Waals surface area contributed by atoms with Crippen molar-refractivity contribution >= 4 is 28.1 Å². The Labute approximate surface area is 162 Å². The highest BCUT2D eigenvalue weighted by atomic mass is 32.1. The number of thiazole rings is 1. The van der Waals surface area contributed by atoms with Crippen molar-refractivity contribution in [1.82, 2.24) is 9.88 Å². The second kappa shape index (κ2) is 8.93. The smallest absolute Gasteiger partial charge is 0.244 e. The maximum atomic E-state index is 13.2. The molecule has 0 N–H and O–H groups in total. The predicted molar refractivity (Wildman–Crippen MR) is 104 cm³/mol. The number of carbonyl (C=O) groups is 1. The van der Waals surface area contributed by atoms with Crippen molar-refractivity contribution in [2.45, 2.75) is 19.4 Å². The Balaban J connectivity index is 1.66. The van der Waals surface area contributed by atoms with Crippen molar-refractivity contribution in [3.05, 3.63) is 41.7 Å². The maximum absolute atomic E-state index is 13.2. The molecule has 27 heavy (non-hydrogen) atoms. The molecule has 1 atom stereocenters. The first-order chi connectivity index (χ1) is 13.1. The van der Waals surface area contributed by atoms with Gasteiger partial charge >= 0.3 is 0 Å². The highest BCUT2D eigenvalue weighted by Gasteiger charge is 2.29. The van der Waals surface area contributed by atoms with Crippen molar-refractivity contribution in [2.24, 2.45) is 0 Å². The van der Waals surface area contributed by atoms with Crippen molar-refractivity contribution in [1.29, 1.82) is 5.26 Å². The van der Waals surface area contributed by atoms with E-state index < -0.39 is 0 Å². The molecule has 6 nitrogen and oxygen atoms in total. The first-order valence-electron chi connectivity index (χ1n) is 8.92. The molecule has 1 fully saturated rings. The highest BCUT2D eigenvalue weighted by Crippen LogP contribution is 2.21. The molecule has 1 aliphatic rings. The molecule has 8 heteroatoms. The normalized spacial score (nSPS) is 16.0. The third-order valence-electron chi connectivity index (χ3n) is 4.76. The van der Waals surface area contributed by atoms with E-state index >= 15 is 0 Å². The summed E-state index contributed by atoms with van der Waals surface area (Å²) in [5, 5.41) is 11.9. The fraction of sp³-hybridized carbons (Fsp3) is 0.421. The summed E-state index contributed by atoms with van der Waals surface area (Å²) in [4.78, 5) is 23.4. The Morgan fingerprint density at radius 1 is 1.33 bits per heavy atom. The van der Waals surface area contributed by atoms with Gasteiger partial charge in [-0.2, -0.15) is 5.26 Å². The number of nitriles is 1. The van der Waals surface area contributed by atoms with Gasteiger partial charge < -0.3 is 9.80 Å². The highest BCUT2D eigenvalue weighted by molar-refractivity contribution is 7.13. The molecular formula is C19H22FN5OS. The van der Waals surface area contributed by atoms with Crippen molar-refractivity contribution in [3.63, 3.8) is 0 Å². The van der Waals surface area contributed by atoms with E-state index in [0.717, 1.165) is 31.3 Å². The van der Waals surface area contributed by atoms with Crippen LogP contribution in [-0.4, -0.2) is 54.6 Å². The number of hydrogen-bond donors (Lipinski definition) is 0. The summed E-state index contributed by atoms with van der Waals surface area (Å²) in [5.74, 6) is -0.419. The quantitative estimate of drug-likeness (QED) is 0.763. The van der Waals surface area contributed by atoms with Crippen molar-refractivity contribution in [3.8, 4) is 6.07 Å². The standard InChI is InChI=1S/C19H22FN5OS/c1-15(23-10-12-24(13-11-23)19-22-8-14-27-19)18(26)25(9-2-7-21)17-5-3-16(20)4-6-17/h3-6,8,14-15H,2,9-13H2,1H3. The lowest BCUT2D eigenvalue weighted by Gasteiger charge is -2.38. The molecule has 142 valence electrons. The van der Waals surface area contributed by atoms with Crippen LogP contribution in [0.15, 0.2) is 35.8 Å². The van der Waals surface area contributed by atoms with Gasteiger partial charge in [-0.3, -0.25) is 9.69 Å². The van der Waals surface area contributed by atoms with Crippen LogP contribution in [0.25, 0.3) is 0 Å². The summed E-state index contributed by atoms with van der Waals surface area (Å²) in [6.45, 7) is 5.36. The second-order valence-corrected chi connectivity index (χ2v) is 7.26. The van der Waals surface area contributed by atoms with Gasteiger partial charge in [0, 0.05) is 50.0 Å². The molecule has 1 aromatic heterocycles. The van der Waals surface area contributed by atoms with Crippen LogP contribution in [0, 0.1) is 17.1 Å². The monoisotopic (exact) mass is 387 g/mol. The topological polar surface area (TPSA) is 63.5 Å². The van der Waals surface area contributed by atoms with E-state index in [0.29, 0.717) is 12.2 Å². The van der Waals surface area contributed by atoms with E-state index in [2.05, 4.69) is 20.9 Å². The first kappa shape index (κ1) is 19.3. The molecule has 1 amide bonds. The van der Waals surface area contributed by atoms with Crippen molar-refractivity contribution < 1.29 is 9.18 Å². The van der Waals surface area contributed by atoms with Gasteiger partial charge in [-0.15, -0.1) is 11.3 Å². The molecule has 1 aromatic carbocycles. The molecule has 2 heterocycles. The Hall–Kier alpha value is -2.50. The van der Waals surface area contributed by atoms with Gasteiger partial charge in [0.05, 0.1) is 18.5 Å². The first-order valence-corrected chi connectivity index (χ1v) is 9.80. The van der Waals surface area contributed by atoms with Gasteiger partial charge in [-0.25, -0.2) is 9.37 Å². The lowest BCUT2D eigenvalue weighted by Crippen LogP contribution is -2.55. The van der Waals surface area contributed by atoms with E-state index in [4.69, 9.17) is 5.26 Å². The van der Waals surface area contributed by atoms with E-state index in [9.17, 15) is 9.18 Å². The molecule has 1 aliphatic heterocycles. The third kappa shape index (κ3) is 4.62. The molecule has 0 spiro atoms. The zero-order valence-corrected chi connectivity index (χ0v) is 16.0. The Kier molecular flexibility index (Phi) is 6.37. The van der Waals surface area contributed by atoms with Gasteiger partial charge in [-0.1, -0.05) is 0 Å². The molecule has 0 bridgehead atoms. The zero-order chi connectivity index (χ0) is 19.2. The van der Waals surface area contributed by atoms with Gasteiger partial charge in [0.25, 0.3) is 0 Å². The molecule has 0 saturated carbocycles. The SMILES string of the molecule is CC(C(=O)N(CCC#N)c1ccc(F)cc1)N1CCN(c2nccs2)CC1. The Morgan fingerprint density at radius 3 is 2.63 bits per heavy atom. The number of aromatic nitrogens is 1. The number of anilines is 2. The lowest BCUT2D eigenvalue weighted by atomic mass is 10.1. The molecule has 1 saturated heterocycles. The predicted octanol–water partition coefficient (Wildman–Crippen LogP) is 2.74. The summed E-state index contributed by atoms with van der Waals surface area (Å²) in [7, 11) is 0. The molecule has 0 radical (unpaired) electrons. The number of rotatable bonds is 6. The van der Waals surface area contributed by atoms with E-state index in [1.165, 1.54) is 12.1 Å². The van der Waals surface area contributed by atoms with Crippen LogP contribution in [-0.2, 0) is 4.79 Å². The van der Waals surface area contributed by atoms with Gasteiger partial charge in [-0.05, 0) is 31.2 Å². The number of benzene rings is 1. The summed E-state index contributed by atoms with van der Waals surface area (Å²) in [5.41, 5.74) is 0.616. The number of amides is 1. The average molecular weight is 387 g/mol. The fourth-order valence-electron chi connectivity index (χ4n) is 3.20. The number of halogens is 1. The van der Waals surface area contributed by atoms with E-state index in [1.807, 2.05) is 12.3 Å². The molecule has 0 aliphatic carbocycles. The molecule has 3 rings (SSSR count). The van der Waals surface area contributed by atoms with Crippen molar-refractivity contribution in [2.75, 3.05) is 42.5 Å². The van der Waals surface area contributed by atoms with Crippen LogP contribution in [0.1, 0.15) is 13.3 Å². The summed E-state index contributed by atoms with van der Waals surface area (Å²) in [6, 6.07) is 7.60. The number of carbonyl (C=O) groups excluding carboxylic acids is 1. The van der Waals surface area contributed by atoms with Gasteiger partial charge in [0.1, 0.15) is 5.82 Å². The zero-order valence-electron chi connectivity index (χ0n) is 15.2. The molecule has 2 aromatic rings. The third-order valence-corrected chi connectivity index (χ3v) is 5.59. The summed E-state index contributed by atoms with van der Waals surface area (Å²) >= 11 is 1.62. The fourth-order valence-corrected chi connectivity index (χ4v) is 3.90. The molecule has 1 unspecified atom stereocenters. The van der Waals surface area contributed by atoms with Crippen LogP contribution < -0.4 is 9.80 Å². The van der Waals surface area contributed by atoms with Gasteiger partial charge in [0.2, 0.25) is 5.91 Å². The van der Waals surface area contributed by atoms with Crippen LogP contribution in [0.2, 0.25) is 0 Å². The van der Waals surface area contributed by atoms with Crippen LogP contribution >= 0.6 is 11.3 Å².